The van der Waals surface area contributed by atoms with Gasteiger partial charge in [-0.1, -0.05) is 13.8 Å². The van der Waals surface area contributed by atoms with Gasteiger partial charge >= 0.3 is 0 Å². The Kier molecular flexibility index (Phi) is 5.85. The summed E-state index contributed by atoms with van der Waals surface area (Å²) in [5.41, 5.74) is 6.06. The molecule has 1 aliphatic rings. The van der Waals surface area contributed by atoms with Gasteiger partial charge in [-0.2, -0.15) is 0 Å². The summed E-state index contributed by atoms with van der Waals surface area (Å²) in [4.78, 5) is 4.68. The lowest BCUT2D eigenvalue weighted by Gasteiger charge is -2.30. The second-order valence-corrected chi connectivity index (χ2v) is 6.65. The van der Waals surface area contributed by atoms with Crippen molar-refractivity contribution in [3.05, 3.63) is 23.7 Å². The zero-order valence-electron chi connectivity index (χ0n) is 14.0. The second kappa shape index (κ2) is 7.43. The molecular formula is C17H31N3O. The van der Waals surface area contributed by atoms with E-state index in [0.29, 0.717) is 12.5 Å². The Morgan fingerprint density at radius 3 is 2.52 bits per heavy atom. The van der Waals surface area contributed by atoms with E-state index in [0.717, 1.165) is 43.5 Å². The summed E-state index contributed by atoms with van der Waals surface area (Å²) in [6.07, 6.45) is 2.40. The molecule has 3 unspecified atom stereocenters. The van der Waals surface area contributed by atoms with Crippen molar-refractivity contribution in [2.24, 2.45) is 11.7 Å². The molecule has 2 rings (SSSR count). The summed E-state index contributed by atoms with van der Waals surface area (Å²) in [5, 5.41) is 0. The highest BCUT2D eigenvalue weighted by Crippen LogP contribution is 2.47. The van der Waals surface area contributed by atoms with Gasteiger partial charge in [0.05, 0.1) is 6.04 Å². The van der Waals surface area contributed by atoms with Crippen molar-refractivity contribution in [3.63, 3.8) is 0 Å². The zero-order chi connectivity index (χ0) is 15.4. The first-order valence-electron chi connectivity index (χ1n) is 8.25. The third-order valence-electron chi connectivity index (χ3n) is 4.46. The first-order valence-corrected chi connectivity index (χ1v) is 8.25. The Bertz CT molecular complexity index is 429. The highest BCUT2D eigenvalue weighted by Gasteiger charge is 2.37. The van der Waals surface area contributed by atoms with Gasteiger partial charge in [0.1, 0.15) is 11.5 Å². The molecule has 120 valence electrons. The molecule has 0 aromatic carbocycles. The van der Waals surface area contributed by atoms with Gasteiger partial charge in [-0.15, -0.1) is 0 Å². The van der Waals surface area contributed by atoms with Crippen LogP contribution < -0.4 is 5.73 Å². The monoisotopic (exact) mass is 293 g/mol. The van der Waals surface area contributed by atoms with Crippen LogP contribution in [0.1, 0.15) is 50.2 Å². The van der Waals surface area contributed by atoms with Crippen molar-refractivity contribution >= 4 is 0 Å². The molecule has 0 radical (unpaired) electrons. The van der Waals surface area contributed by atoms with Gasteiger partial charge in [0, 0.05) is 25.6 Å². The highest BCUT2D eigenvalue weighted by atomic mass is 16.3. The summed E-state index contributed by atoms with van der Waals surface area (Å²) in [7, 11) is 4.22. The lowest BCUT2D eigenvalue weighted by Crippen LogP contribution is -2.38. The topological polar surface area (TPSA) is 45.6 Å². The average Bonchev–Trinajstić information content (AvgIpc) is 2.99. The number of nitrogens with zero attached hydrogens (tertiary/aromatic N) is 2. The molecule has 0 aliphatic heterocycles. The smallest absolute Gasteiger partial charge is 0.122 e. The van der Waals surface area contributed by atoms with E-state index in [1.165, 1.54) is 6.42 Å². The molecule has 4 nitrogen and oxygen atoms in total. The van der Waals surface area contributed by atoms with Gasteiger partial charge in [-0.05, 0) is 51.5 Å². The number of nitrogens with two attached hydrogens (primary N) is 1. The van der Waals surface area contributed by atoms with Crippen LogP contribution in [-0.4, -0.2) is 50.1 Å². The van der Waals surface area contributed by atoms with E-state index in [2.05, 4.69) is 49.9 Å². The van der Waals surface area contributed by atoms with Crippen molar-refractivity contribution in [1.29, 1.82) is 0 Å². The molecule has 0 spiro atoms. The lowest BCUT2D eigenvalue weighted by atomic mass is 10.1. The number of rotatable bonds is 9. The van der Waals surface area contributed by atoms with Crippen LogP contribution in [0.3, 0.4) is 0 Å². The minimum atomic E-state index is 0.202. The van der Waals surface area contributed by atoms with Crippen LogP contribution in [0.4, 0.5) is 0 Å². The molecule has 3 atom stereocenters. The van der Waals surface area contributed by atoms with Crippen molar-refractivity contribution < 1.29 is 4.42 Å². The summed E-state index contributed by atoms with van der Waals surface area (Å²) >= 11 is 0. The molecule has 1 aliphatic carbocycles. The van der Waals surface area contributed by atoms with Crippen LogP contribution in [0.2, 0.25) is 0 Å². The van der Waals surface area contributed by atoms with Gasteiger partial charge in [0.15, 0.2) is 0 Å². The molecule has 2 N–H and O–H groups in total. The third kappa shape index (κ3) is 4.31. The third-order valence-corrected chi connectivity index (χ3v) is 4.46. The maximum Gasteiger partial charge on any atom is 0.122 e. The molecule has 0 saturated heterocycles. The van der Waals surface area contributed by atoms with Crippen molar-refractivity contribution in [3.8, 4) is 0 Å². The van der Waals surface area contributed by atoms with Gasteiger partial charge in [0.2, 0.25) is 0 Å². The van der Waals surface area contributed by atoms with Crippen LogP contribution >= 0.6 is 0 Å². The molecule has 1 aromatic rings. The molecule has 0 bridgehead atoms. The maximum absolute atomic E-state index is 6.13. The van der Waals surface area contributed by atoms with Crippen LogP contribution in [-0.2, 0) is 0 Å². The maximum atomic E-state index is 6.13. The quantitative estimate of drug-likeness (QED) is 0.760. The fourth-order valence-corrected chi connectivity index (χ4v) is 2.95. The molecule has 1 fully saturated rings. The number of furan rings is 1. The van der Waals surface area contributed by atoms with E-state index >= 15 is 0 Å². The molecular weight excluding hydrogens is 262 g/mol. The average molecular weight is 293 g/mol. The number of hydrogen-bond donors (Lipinski definition) is 1. The van der Waals surface area contributed by atoms with E-state index in [1.54, 1.807) is 0 Å². The largest absolute Gasteiger partial charge is 0.464 e. The van der Waals surface area contributed by atoms with Crippen molar-refractivity contribution in [2.45, 2.75) is 38.6 Å². The van der Waals surface area contributed by atoms with Gasteiger partial charge in [-0.25, -0.2) is 0 Å². The highest BCUT2D eigenvalue weighted by molar-refractivity contribution is 5.19. The van der Waals surface area contributed by atoms with E-state index in [4.69, 9.17) is 10.2 Å². The zero-order valence-corrected chi connectivity index (χ0v) is 14.0. The minimum absolute atomic E-state index is 0.202. The molecule has 1 aromatic heterocycles. The number of likely N-dealkylation sites (N-methyl/N-ethyl adjacent to an activating group) is 1. The molecule has 4 heteroatoms. The fourth-order valence-electron chi connectivity index (χ4n) is 2.95. The Labute approximate surface area is 129 Å². The van der Waals surface area contributed by atoms with Crippen LogP contribution in [0.25, 0.3) is 0 Å². The van der Waals surface area contributed by atoms with Crippen LogP contribution in [0.15, 0.2) is 16.5 Å². The minimum Gasteiger partial charge on any atom is -0.464 e. The summed E-state index contributed by atoms with van der Waals surface area (Å²) in [5.74, 6) is 3.61. The fraction of sp³-hybridized carbons (Fsp3) is 0.765. The molecule has 0 amide bonds. The standard InChI is InChI=1S/C17H31N3O/c1-5-8-20(10-9-19(3)4)15(12-18)17-7-6-16(21-17)14-11-13(14)2/h6-7,13-15H,5,8-12,18H2,1-4H3. The lowest BCUT2D eigenvalue weighted by molar-refractivity contribution is 0.162. The summed E-state index contributed by atoms with van der Waals surface area (Å²) < 4.78 is 6.13. The molecule has 1 heterocycles. The molecule has 21 heavy (non-hydrogen) atoms. The van der Waals surface area contributed by atoms with E-state index < -0.39 is 0 Å². The first kappa shape index (κ1) is 16.5. The van der Waals surface area contributed by atoms with Gasteiger partial charge in [0.25, 0.3) is 0 Å². The van der Waals surface area contributed by atoms with Gasteiger partial charge in [-0.3, -0.25) is 4.90 Å². The number of hydrogen-bond acceptors (Lipinski definition) is 4. The Balaban J connectivity index is 2.05. The Morgan fingerprint density at radius 1 is 1.29 bits per heavy atom. The van der Waals surface area contributed by atoms with E-state index in [-0.39, 0.29) is 6.04 Å². The SMILES string of the molecule is CCCN(CCN(C)C)C(CN)c1ccc(C2CC2C)o1. The Hall–Kier alpha value is -0.840. The normalized spacial score (nSPS) is 23.0. The second-order valence-electron chi connectivity index (χ2n) is 6.65. The van der Waals surface area contributed by atoms with E-state index in [9.17, 15) is 0 Å². The predicted molar refractivity (Wildman–Crippen MR) is 87.4 cm³/mol. The summed E-state index contributed by atoms with van der Waals surface area (Å²) in [6.45, 7) is 8.25. The predicted octanol–water partition coefficient (Wildman–Crippen LogP) is 2.68. The van der Waals surface area contributed by atoms with Crippen molar-refractivity contribution in [1.82, 2.24) is 9.80 Å². The molecule has 1 saturated carbocycles. The van der Waals surface area contributed by atoms with Crippen molar-refractivity contribution in [2.75, 3.05) is 40.3 Å². The van der Waals surface area contributed by atoms with Crippen LogP contribution in [0.5, 0.6) is 0 Å². The van der Waals surface area contributed by atoms with Crippen LogP contribution in [0, 0.1) is 5.92 Å². The first-order chi connectivity index (χ1) is 10.1. The van der Waals surface area contributed by atoms with Gasteiger partial charge < -0.3 is 15.1 Å². The van der Waals surface area contributed by atoms with E-state index in [1.807, 2.05) is 0 Å². The summed E-state index contributed by atoms with van der Waals surface area (Å²) in [6, 6.07) is 4.49. The Morgan fingerprint density at radius 2 is 2.00 bits per heavy atom.